The maximum absolute atomic E-state index is 12.5. The number of nitrogens with zero attached hydrogens (tertiary/aromatic N) is 1. The summed E-state index contributed by atoms with van der Waals surface area (Å²) in [4.78, 5) is 25.9. The number of ether oxygens (including phenoxy) is 1. The van der Waals surface area contributed by atoms with Crippen molar-refractivity contribution >= 4 is 11.9 Å². The lowest BCUT2D eigenvalue weighted by atomic mass is 9.96. The van der Waals surface area contributed by atoms with Crippen LogP contribution in [0.5, 0.6) is 0 Å². The highest BCUT2D eigenvalue weighted by molar-refractivity contribution is 5.83. The van der Waals surface area contributed by atoms with E-state index in [4.69, 9.17) is 10.5 Å². The zero-order valence-electron chi connectivity index (χ0n) is 13.2. The summed E-state index contributed by atoms with van der Waals surface area (Å²) >= 11 is 0. The van der Waals surface area contributed by atoms with E-state index in [9.17, 15) is 9.59 Å². The molecule has 22 heavy (non-hydrogen) atoms. The van der Waals surface area contributed by atoms with E-state index in [0.717, 1.165) is 11.1 Å². The van der Waals surface area contributed by atoms with Gasteiger partial charge in [0.05, 0.1) is 12.5 Å². The Hall–Kier alpha value is -1.88. The van der Waals surface area contributed by atoms with Crippen molar-refractivity contribution in [3.63, 3.8) is 0 Å². The fourth-order valence-electron chi connectivity index (χ4n) is 2.71. The van der Waals surface area contributed by atoms with Crippen LogP contribution in [0.25, 0.3) is 0 Å². The lowest BCUT2D eigenvalue weighted by Gasteiger charge is -2.32. The molecule has 0 aliphatic carbocycles. The minimum atomic E-state index is -0.639. The number of nitrogens with two attached hydrogens (primary N) is 1. The topological polar surface area (TPSA) is 72.6 Å². The van der Waals surface area contributed by atoms with Crippen molar-refractivity contribution in [1.29, 1.82) is 0 Å². The molecule has 5 nitrogen and oxygen atoms in total. The Bertz CT molecular complexity index is 519. The maximum Gasteiger partial charge on any atom is 0.309 e. The van der Waals surface area contributed by atoms with Crippen molar-refractivity contribution < 1.29 is 14.3 Å². The summed E-state index contributed by atoms with van der Waals surface area (Å²) in [5.74, 6) is -0.330. The van der Waals surface area contributed by atoms with Crippen LogP contribution in [0.15, 0.2) is 24.3 Å². The number of likely N-dealkylation sites (tertiary alicyclic amines) is 1. The number of piperidine rings is 1. The third kappa shape index (κ3) is 3.85. The van der Waals surface area contributed by atoms with Gasteiger partial charge in [-0.25, -0.2) is 0 Å². The number of esters is 1. The minimum absolute atomic E-state index is 0.0776. The molecule has 1 saturated heterocycles. The fourth-order valence-corrected chi connectivity index (χ4v) is 2.71. The highest BCUT2D eigenvalue weighted by Gasteiger charge is 2.30. The Kier molecular flexibility index (Phi) is 5.55. The lowest BCUT2D eigenvalue weighted by Crippen LogP contribution is -2.44. The summed E-state index contributed by atoms with van der Waals surface area (Å²) in [7, 11) is 0. The van der Waals surface area contributed by atoms with Crippen molar-refractivity contribution in [1.82, 2.24) is 4.90 Å². The van der Waals surface area contributed by atoms with Crippen molar-refractivity contribution in [3.05, 3.63) is 35.4 Å². The number of carbonyl (C=O) groups is 2. The quantitative estimate of drug-likeness (QED) is 0.861. The lowest BCUT2D eigenvalue weighted by molar-refractivity contribution is -0.151. The van der Waals surface area contributed by atoms with Crippen molar-refractivity contribution in [2.45, 2.75) is 32.7 Å². The maximum atomic E-state index is 12.5. The van der Waals surface area contributed by atoms with Gasteiger partial charge in [0.25, 0.3) is 0 Å². The molecule has 1 atom stereocenters. The molecule has 0 bridgehead atoms. The largest absolute Gasteiger partial charge is 0.466 e. The molecule has 0 radical (unpaired) electrons. The number of aryl methyl sites for hydroxylation is 1. The number of carbonyl (C=O) groups excluding carboxylic acids is 2. The van der Waals surface area contributed by atoms with Crippen LogP contribution in [0, 0.1) is 12.8 Å². The van der Waals surface area contributed by atoms with Crippen LogP contribution >= 0.6 is 0 Å². The Morgan fingerprint density at radius 2 is 1.86 bits per heavy atom. The summed E-state index contributed by atoms with van der Waals surface area (Å²) in [5.41, 5.74) is 8.04. The van der Waals surface area contributed by atoms with E-state index in [1.54, 1.807) is 11.8 Å². The summed E-state index contributed by atoms with van der Waals surface area (Å²) in [6, 6.07) is 7.05. The molecular formula is C17H24N2O3. The van der Waals surface area contributed by atoms with Gasteiger partial charge < -0.3 is 15.4 Å². The van der Waals surface area contributed by atoms with Gasteiger partial charge in [-0.15, -0.1) is 0 Å². The molecule has 5 heteroatoms. The van der Waals surface area contributed by atoms with Crippen molar-refractivity contribution in [2.75, 3.05) is 19.7 Å². The Balaban J connectivity index is 1.91. The molecule has 1 fully saturated rings. The van der Waals surface area contributed by atoms with Gasteiger partial charge in [-0.05, 0) is 32.3 Å². The van der Waals surface area contributed by atoms with Gasteiger partial charge in [-0.2, -0.15) is 0 Å². The minimum Gasteiger partial charge on any atom is -0.466 e. The molecule has 1 aliphatic heterocycles. The average molecular weight is 304 g/mol. The number of amides is 1. The predicted molar refractivity (Wildman–Crippen MR) is 84.0 cm³/mol. The first-order valence-corrected chi connectivity index (χ1v) is 7.80. The first-order chi connectivity index (χ1) is 10.5. The van der Waals surface area contributed by atoms with Crippen LogP contribution in [-0.4, -0.2) is 36.5 Å². The molecule has 1 aromatic rings. The van der Waals surface area contributed by atoms with E-state index in [0.29, 0.717) is 32.5 Å². The molecule has 1 aromatic carbocycles. The molecule has 0 spiro atoms. The van der Waals surface area contributed by atoms with Gasteiger partial charge >= 0.3 is 5.97 Å². The SMILES string of the molecule is CCOC(=O)C1CCN(C(=O)C(N)c2ccc(C)cc2)CC1. The average Bonchev–Trinajstić information content (AvgIpc) is 2.54. The van der Waals surface area contributed by atoms with E-state index in [1.807, 2.05) is 31.2 Å². The van der Waals surface area contributed by atoms with E-state index in [-0.39, 0.29) is 17.8 Å². The predicted octanol–water partition coefficient (Wildman–Crippen LogP) is 1.80. The highest BCUT2D eigenvalue weighted by Crippen LogP contribution is 2.22. The normalized spacial score (nSPS) is 17.1. The van der Waals surface area contributed by atoms with E-state index in [2.05, 4.69) is 0 Å². The van der Waals surface area contributed by atoms with Gasteiger partial charge in [-0.1, -0.05) is 29.8 Å². The van der Waals surface area contributed by atoms with Gasteiger partial charge in [0.15, 0.2) is 0 Å². The molecule has 2 N–H and O–H groups in total. The second kappa shape index (κ2) is 7.40. The zero-order valence-corrected chi connectivity index (χ0v) is 13.2. The smallest absolute Gasteiger partial charge is 0.309 e. The third-order valence-electron chi connectivity index (χ3n) is 4.13. The molecule has 1 aliphatic rings. The van der Waals surface area contributed by atoms with Crippen LogP contribution in [0.1, 0.15) is 36.9 Å². The molecule has 120 valence electrons. The van der Waals surface area contributed by atoms with E-state index < -0.39 is 6.04 Å². The van der Waals surface area contributed by atoms with Gasteiger partial charge in [0.1, 0.15) is 6.04 Å². The fraction of sp³-hybridized carbons (Fsp3) is 0.529. The second-order valence-corrected chi connectivity index (χ2v) is 5.74. The van der Waals surface area contributed by atoms with Crippen LogP contribution in [0.3, 0.4) is 0 Å². The number of hydrogen-bond acceptors (Lipinski definition) is 4. The number of benzene rings is 1. The Morgan fingerprint density at radius 1 is 1.27 bits per heavy atom. The molecular weight excluding hydrogens is 280 g/mol. The third-order valence-corrected chi connectivity index (χ3v) is 4.13. The van der Waals surface area contributed by atoms with E-state index in [1.165, 1.54) is 0 Å². The van der Waals surface area contributed by atoms with Gasteiger partial charge in [0.2, 0.25) is 5.91 Å². The van der Waals surface area contributed by atoms with Gasteiger partial charge in [-0.3, -0.25) is 9.59 Å². The standard InChI is InChI=1S/C17H24N2O3/c1-3-22-17(21)14-8-10-19(11-9-14)16(20)15(18)13-6-4-12(2)5-7-13/h4-7,14-15H,3,8-11,18H2,1-2H3. The zero-order chi connectivity index (χ0) is 16.1. The summed E-state index contributed by atoms with van der Waals surface area (Å²) in [6.07, 6.45) is 1.29. The van der Waals surface area contributed by atoms with Crippen LogP contribution in [0.2, 0.25) is 0 Å². The first kappa shape index (κ1) is 16.5. The van der Waals surface area contributed by atoms with Crippen molar-refractivity contribution in [2.24, 2.45) is 11.7 Å². The van der Waals surface area contributed by atoms with Crippen LogP contribution < -0.4 is 5.73 Å². The van der Waals surface area contributed by atoms with Crippen LogP contribution in [-0.2, 0) is 14.3 Å². The van der Waals surface area contributed by atoms with Gasteiger partial charge in [0, 0.05) is 13.1 Å². The Morgan fingerprint density at radius 3 is 2.41 bits per heavy atom. The number of hydrogen-bond donors (Lipinski definition) is 1. The molecule has 0 aromatic heterocycles. The second-order valence-electron chi connectivity index (χ2n) is 5.74. The molecule has 1 heterocycles. The van der Waals surface area contributed by atoms with E-state index >= 15 is 0 Å². The molecule has 2 rings (SSSR count). The Labute approximate surface area is 131 Å². The summed E-state index contributed by atoms with van der Waals surface area (Å²) in [6.45, 7) is 5.31. The monoisotopic (exact) mass is 304 g/mol. The van der Waals surface area contributed by atoms with Crippen molar-refractivity contribution in [3.8, 4) is 0 Å². The molecule has 1 amide bonds. The summed E-state index contributed by atoms with van der Waals surface area (Å²) < 4.78 is 5.04. The number of rotatable bonds is 4. The summed E-state index contributed by atoms with van der Waals surface area (Å²) in [5, 5.41) is 0. The molecule has 1 unspecified atom stereocenters. The highest BCUT2D eigenvalue weighted by atomic mass is 16.5. The van der Waals surface area contributed by atoms with Crippen LogP contribution in [0.4, 0.5) is 0 Å². The first-order valence-electron chi connectivity index (χ1n) is 7.80. The molecule has 0 saturated carbocycles.